The van der Waals surface area contributed by atoms with Crippen LogP contribution in [-0.4, -0.2) is 20.7 Å². The third-order valence-electron chi connectivity index (χ3n) is 2.36. The molecule has 2 aromatic heterocycles. The number of amides is 1. The van der Waals surface area contributed by atoms with Crippen molar-refractivity contribution in [3.63, 3.8) is 0 Å². The molecule has 2 aromatic rings. The van der Waals surface area contributed by atoms with Gasteiger partial charge < -0.3 is 5.32 Å². The van der Waals surface area contributed by atoms with E-state index in [9.17, 15) is 4.79 Å². The molecule has 0 spiro atoms. The van der Waals surface area contributed by atoms with Crippen molar-refractivity contribution in [1.29, 1.82) is 0 Å². The highest BCUT2D eigenvalue weighted by atomic mass is 16.1. The smallest absolute Gasteiger partial charge is 0.224 e. The van der Waals surface area contributed by atoms with Crippen molar-refractivity contribution in [2.45, 2.75) is 20.3 Å². The summed E-state index contributed by atoms with van der Waals surface area (Å²) in [5.41, 5.74) is 0.705. The van der Waals surface area contributed by atoms with Crippen LogP contribution in [0.2, 0.25) is 0 Å². The summed E-state index contributed by atoms with van der Waals surface area (Å²) in [6.45, 7) is 4.03. The zero-order valence-corrected chi connectivity index (χ0v) is 10.5. The molecule has 5 heteroatoms. The topological polar surface area (TPSA) is 59.8 Å². The van der Waals surface area contributed by atoms with E-state index in [1.165, 1.54) is 0 Å². The van der Waals surface area contributed by atoms with Gasteiger partial charge in [-0.05, 0) is 24.1 Å². The fourth-order valence-electron chi connectivity index (χ4n) is 1.58. The number of carbonyl (C=O) groups excluding carboxylic acids is 1. The number of hydrogen-bond acceptors (Lipinski definition) is 3. The van der Waals surface area contributed by atoms with Crippen molar-refractivity contribution in [3.8, 4) is 5.82 Å². The average Bonchev–Trinajstić information content (AvgIpc) is 2.82. The molecule has 0 aromatic carbocycles. The number of aromatic nitrogens is 3. The fraction of sp³-hybridized carbons (Fsp3) is 0.308. The maximum Gasteiger partial charge on any atom is 0.224 e. The Morgan fingerprint density at radius 2 is 2.28 bits per heavy atom. The fourth-order valence-corrected chi connectivity index (χ4v) is 1.58. The van der Waals surface area contributed by atoms with Gasteiger partial charge >= 0.3 is 0 Å². The molecule has 0 atom stereocenters. The first kappa shape index (κ1) is 12.3. The van der Waals surface area contributed by atoms with Crippen LogP contribution in [0.25, 0.3) is 5.82 Å². The van der Waals surface area contributed by atoms with Gasteiger partial charge in [0.05, 0.1) is 11.9 Å². The Morgan fingerprint density at radius 1 is 1.44 bits per heavy atom. The molecule has 0 aliphatic carbocycles. The molecule has 2 rings (SSSR count). The minimum atomic E-state index is 0.0126. The van der Waals surface area contributed by atoms with Crippen LogP contribution in [0.3, 0.4) is 0 Å². The van der Waals surface area contributed by atoms with E-state index in [1.54, 1.807) is 17.1 Å². The molecular weight excluding hydrogens is 228 g/mol. The summed E-state index contributed by atoms with van der Waals surface area (Å²) in [6.07, 6.45) is 5.66. The molecule has 0 unspecified atom stereocenters. The predicted molar refractivity (Wildman–Crippen MR) is 69.4 cm³/mol. The van der Waals surface area contributed by atoms with Gasteiger partial charge in [-0.15, -0.1) is 0 Å². The Hall–Kier alpha value is -2.17. The lowest BCUT2D eigenvalue weighted by Crippen LogP contribution is -2.14. The molecule has 0 radical (unpaired) electrons. The van der Waals surface area contributed by atoms with Crippen molar-refractivity contribution in [3.05, 3.63) is 36.8 Å². The Bertz CT molecular complexity index is 502. The normalized spacial score (nSPS) is 10.6. The largest absolute Gasteiger partial charge is 0.325 e. The van der Waals surface area contributed by atoms with Gasteiger partial charge in [0.25, 0.3) is 0 Å². The summed E-state index contributed by atoms with van der Waals surface area (Å²) in [5.74, 6) is 1.09. The highest BCUT2D eigenvalue weighted by molar-refractivity contribution is 5.90. The lowest BCUT2D eigenvalue weighted by atomic mass is 10.1. The molecule has 0 aliphatic heterocycles. The number of hydrogen-bond donors (Lipinski definition) is 1. The number of nitrogens with one attached hydrogen (secondary N) is 1. The molecule has 0 saturated carbocycles. The SMILES string of the molecule is CC(C)CC(=O)Nc1ccc(-n2cccn2)nc1. The molecular formula is C13H16N4O. The summed E-state index contributed by atoms with van der Waals surface area (Å²) in [5, 5.41) is 6.90. The van der Waals surface area contributed by atoms with Crippen LogP contribution in [-0.2, 0) is 4.79 Å². The van der Waals surface area contributed by atoms with Crippen molar-refractivity contribution in [2.24, 2.45) is 5.92 Å². The third kappa shape index (κ3) is 3.16. The summed E-state index contributed by atoms with van der Waals surface area (Å²) in [7, 11) is 0. The lowest BCUT2D eigenvalue weighted by molar-refractivity contribution is -0.116. The van der Waals surface area contributed by atoms with Crippen LogP contribution < -0.4 is 5.32 Å². The van der Waals surface area contributed by atoms with Gasteiger partial charge in [-0.2, -0.15) is 5.10 Å². The maximum absolute atomic E-state index is 11.6. The summed E-state index contributed by atoms with van der Waals surface area (Å²) in [6, 6.07) is 5.47. The first-order chi connectivity index (χ1) is 8.65. The van der Waals surface area contributed by atoms with E-state index in [-0.39, 0.29) is 5.91 Å². The van der Waals surface area contributed by atoms with Crippen molar-refractivity contribution >= 4 is 11.6 Å². The van der Waals surface area contributed by atoms with Crippen LogP contribution in [0.5, 0.6) is 0 Å². The van der Waals surface area contributed by atoms with Crippen LogP contribution in [0, 0.1) is 5.92 Å². The zero-order chi connectivity index (χ0) is 13.0. The monoisotopic (exact) mass is 244 g/mol. The second kappa shape index (κ2) is 5.44. The number of rotatable bonds is 4. The molecule has 1 N–H and O–H groups in total. The molecule has 0 aliphatic rings. The Balaban J connectivity index is 2.02. The minimum absolute atomic E-state index is 0.0126. The molecule has 5 nitrogen and oxygen atoms in total. The molecule has 0 fully saturated rings. The number of nitrogens with zero attached hydrogens (tertiary/aromatic N) is 3. The molecule has 18 heavy (non-hydrogen) atoms. The van der Waals surface area contributed by atoms with Crippen LogP contribution in [0.15, 0.2) is 36.8 Å². The van der Waals surface area contributed by atoms with Crippen molar-refractivity contribution in [1.82, 2.24) is 14.8 Å². The van der Waals surface area contributed by atoms with Crippen molar-refractivity contribution in [2.75, 3.05) is 5.32 Å². The van der Waals surface area contributed by atoms with E-state index in [1.807, 2.05) is 38.2 Å². The number of carbonyl (C=O) groups is 1. The van der Waals surface area contributed by atoms with Gasteiger partial charge in [0, 0.05) is 18.8 Å². The average molecular weight is 244 g/mol. The lowest BCUT2D eigenvalue weighted by Gasteiger charge is -2.07. The second-order valence-electron chi connectivity index (χ2n) is 4.50. The zero-order valence-electron chi connectivity index (χ0n) is 10.5. The number of pyridine rings is 1. The van der Waals surface area contributed by atoms with E-state index in [2.05, 4.69) is 15.4 Å². The quantitative estimate of drug-likeness (QED) is 0.897. The highest BCUT2D eigenvalue weighted by Gasteiger charge is 2.05. The van der Waals surface area contributed by atoms with Crippen LogP contribution in [0.1, 0.15) is 20.3 Å². The molecule has 0 saturated heterocycles. The first-order valence-electron chi connectivity index (χ1n) is 5.91. The third-order valence-corrected chi connectivity index (χ3v) is 2.36. The molecule has 1 amide bonds. The maximum atomic E-state index is 11.6. The Morgan fingerprint density at radius 3 is 2.83 bits per heavy atom. The van der Waals surface area contributed by atoms with E-state index in [0.717, 1.165) is 5.82 Å². The van der Waals surface area contributed by atoms with Crippen LogP contribution in [0.4, 0.5) is 5.69 Å². The van der Waals surface area contributed by atoms with E-state index in [0.29, 0.717) is 18.0 Å². The summed E-state index contributed by atoms with van der Waals surface area (Å²) < 4.78 is 1.67. The van der Waals surface area contributed by atoms with Crippen molar-refractivity contribution < 1.29 is 4.79 Å². The van der Waals surface area contributed by atoms with E-state index >= 15 is 0 Å². The molecule has 94 valence electrons. The van der Waals surface area contributed by atoms with Gasteiger partial charge in [-0.25, -0.2) is 9.67 Å². The van der Waals surface area contributed by atoms with Gasteiger partial charge in [-0.3, -0.25) is 4.79 Å². The summed E-state index contributed by atoms with van der Waals surface area (Å²) >= 11 is 0. The molecule has 0 bridgehead atoms. The van der Waals surface area contributed by atoms with Crippen LogP contribution >= 0.6 is 0 Å². The first-order valence-corrected chi connectivity index (χ1v) is 5.91. The minimum Gasteiger partial charge on any atom is -0.325 e. The Labute approximate surface area is 106 Å². The van der Waals surface area contributed by atoms with Gasteiger partial charge in [-0.1, -0.05) is 13.8 Å². The Kier molecular flexibility index (Phi) is 3.72. The number of anilines is 1. The van der Waals surface area contributed by atoms with Gasteiger partial charge in [0.15, 0.2) is 5.82 Å². The summed E-state index contributed by atoms with van der Waals surface area (Å²) in [4.78, 5) is 15.8. The van der Waals surface area contributed by atoms with E-state index < -0.39 is 0 Å². The predicted octanol–water partition coefficient (Wildman–Crippen LogP) is 2.25. The highest BCUT2D eigenvalue weighted by Crippen LogP contribution is 2.10. The van der Waals surface area contributed by atoms with Gasteiger partial charge in [0.2, 0.25) is 5.91 Å². The van der Waals surface area contributed by atoms with E-state index in [4.69, 9.17) is 0 Å². The second-order valence-corrected chi connectivity index (χ2v) is 4.50. The standard InChI is InChI=1S/C13H16N4O/c1-10(2)8-13(18)16-11-4-5-12(14-9-11)17-7-3-6-15-17/h3-7,9-10H,8H2,1-2H3,(H,16,18). The molecule has 2 heterocycles. The van der Waals surface area contributed by atoms with Gasteiger partial charge in [0.1, 0.15) is 0 Å².